The Labute approximate surface area is 137 Å². The molecule has 2 aromatic heterocycles. The van der Waals surface area contributed by atoms with E-state index in [-0.39, 0.29) is 11.7 Å². The van der Waals surface area contributed by atoms with E-state index >= 15 is 0 Å². The second kappa shape index (κ2) is 5.42. The predicted octanol–water partition coefficient (Wildman–Crippen LogP) is 3.48. The molecule has 0 unspecified atom stereocenters. The molecule has 6 nitrogen and oxygen atoms in total. The molecule has 0 saturated carbocycles. The Morgan fingerprint density at radius 3 is 2.92 bits per heavy atom. The molecule has 0 bridgehead atoms. The first-order valence-corrected chi connectivity index (χ1v) is 7.48. The summed E-state index contributed by atoms with van der Waals surface area (Å²) in [5.41, 5.74) is 5.85. The zero-order valence-corrected chi connectivity index (χ0v) is 13.2. The van der Waals surface area contributed by atoms with Gasteiger partial charge in [0.1, 0.15) is 17.7 Å². The van der Waals surface area contributed by atoms with Gasteiger partial charge < -0.3 is 9.15 Å². The van der Waals surface area contributed by atoms with E-state index in [1.807, 2.05) is 37.3 Å². The molecule has 0 aliphatic rings. The fourth-order valence-electron chi connectivity index (χ4n) is 2.75. The third-order valence-corrected chi connectivity index (χ3v) is 4.03. The third kappa shape index (κ3) is 2.20. The summed E-state index contributed by atoms with van der Waals surface area (Å²) in [6, 6.07) is 13.0. The minimum absolute atomic E-state index is 0.274. The van der Waals surface area contributed by atoms with Crippen molar-refractivity contribution in [3.63, 3.8) is 0 Å². The van der Waals surface area contributed by atoms with Crippen molar-refractivity contribution in [2.24, 2.45) is 0 Å². The lowest BCUT2D eigenvalue weighted by Crippen LogP contribution is -2.22. The standard InChI is InChI=1S/C18H15N3O3/c1-11-13-9-12(23-2)7-8-16(13)24-17(11)18(22)20-21-10-19-14-5-3-4-6-15(14)21/h3-10H,1-2H3,(H,20,22). The van der Waals surface area contributed by atoms with Crippen LogP contribution in [0.4, 0.5) is 0 Å². The summed E-state index contributed by atoms with van der Waals surface area (Å²) in [5, 5.41) is 0.856. The van der Waals surface area contributed by atoms with Crippen molar-refractivity contribution in [3.8, 4) is 5.75 Å². The minimum Gasteiger partial charge on any atom is -0.497 e. The summed E-state index contributed by atoms with van der Waals surface area (Å²) >= 11 is 0. The Morgan fingerprint density at radius 2 is 2.08 bits per heavy atom. The average Bonchev–Trinajstić information content (AvgIpc) is 3.16. The molecule has 6 heteroatoms. The Bertz CT molecular complexity index is 1060. The Hall–Kier alpha value is -3.28. The van der Waals surface area contributed by atoms with Gasteiger partial charge in [0, 0.05) is 10.9 Å². The lowest BCUT2D eigenvalue weighted by Gasteiger charge is -2.05. The second-order valence-electron chi connectivity index (χ2n) is 5.46. The van der Waals surface area contributed by atoms with E-state index in [0.29, 0.717) is 5.58 Å². The van der Waals surface area contributed by atoms with E-state index in [4.69, 9.17) is 9.15 Å². The highest BCUT2D eigenvalue weighted by atomic mass is 16.5. The van der Waals surface area contributed by atoms with Crippen LogP contribution in [-0.2, 0) is 0 Å². The first-order chi connectivity index (χ1) is 11.7. The number of fused-ring (bicyclic) bond motifs is 2. The van der Waals surface area contributed by atoms with E-state index in [0.717, 1.165) is 27.7 Å². The molecule has 120 valence electrons. The number of rotatable bonds is 3. The van der Waals surface area contributed by atoms with Gasteiger partial charge in [0.25, 0.3) is 0 Å². The molecule has 2 aromatic carbocycles. The molecule has 2 heterocycles. The number of amides is 1. The van der Waals surface area contributed by atoms with Crippen molar-refractivity contribution >= 4 is 27.9 Å². The van der Waals surface area contributed by atoms with Crippen molar-refractivity contribution in [1.29, 1.82) is 0 Å². The van der Waals surface area contributed by atoms with Crippen LogP contribution in [0.25, 0.3) is 22.0 Å². The molecule has 0 spiro atoms. The van der Waals surface area contributed by atoms with Gasteiger partial charge in [0.2, 0.25) is 0 Å². The van der Waals surface area contributed by atoms with Crippen LogP contribution in [0, 0.1) is 6.92 Å². The monoisotopic (exact) mass is 321 g/mol. The summed E-state index contributed by atoms with van der Waals surface area (Å²) in [5.74, 6) is 0.667. The van der Waals surface area contributed by atoms with Crippen molar-refractivity contribution in [2.45, 2.75) is 6.92 Å². The number of hydrogen-bond donors (Lipinski definition) is 1. The normalized spacial score (nSPS) is 11.1. The van der Waals surface area contributed by atoms with Crippen molar-refractivity contribution in [3.05, 3.63) is 60.1 Å². The van der Waals surface area contributed by atoms with Gasteiger partial charge in [-0.05, 0) is 37.3 Å². The number of hydrogen-bond acceptors (Lipinski definition) is 4. The van der Waals surface area contributed by atoms with Crippen LogP contribution in [0.1, 0.15) is 16.1 Å². The van der Waals surface area contributed by atoms with Gasteiger partial charge in [-0.25, -0.2) is 9.66 Å². The second-order valence-corrected chi connectivity index (χ2v) is 5.46. The molecular formula is C18H15N3O3. The van der Waals surface area contributed by atoms with Crippen LogP contribution in [0.5, 0.6) is 5.75 Å². The van der Waals surface area contributed by atoms with Crippen LogP contribution >= 0.6 is 0 Å². The minimum atomic E-state index is -0.328. The smallest absolute Gasteiger partial charge is 0.306 e. The van der Waals surface area contributed by atoms with E-state index in [1.165, 1.54) is 0 Å². The first-order valence-electron chi connectivity index (χ1n) is 7.48. The Kier molecular flexibility index (Phi) is 3.23. The number of aryl methyl sites for hydroxylation is 1. The number of nitrogens with one attached hydrogen (secondary N) is 1. The zero-order chi connectivity index (χ0) is 16.7. The number of carbonyl (C=O) groups excluding carboxylic acids is 1. The number of aromatic nitrogens is 2. The van der Waals surface area contributed by atoms with Gasteiger partial charge in [-0.3, -0.25) is 10.2 Å². The summed E-state index contributed by atoms with van der Waals surface area (Å²) in [6.07, 6.45) is 1.57. The molecule has 0 aliphatic heterocycles. The van der Waals surface area contributed by atoms with E-state index in [1.54, 1.807) is 30.2 Å². The fourth-order valence-corrected chi connectivity index (χ4v) is 2.75. The van der Waals surface area contributed by atoms with Gasteiger partial charge in [-0.15, -0.1) is 0 Å². The van der Waals surface area contributed by atoms with Gasteiger partial charge in [0.05, 0.1) is 18.1 Å². The molecule has 0 fully saturated rings. The predicted molar refractivity (Wildman–Crippen MR) is 90.9 cm³/mol. The molecule has 0 aliphatic carbocycles. The molecule has 4 aromatic rings. The van der Waals surface area contributed by atoms with Crippen molar-refractivity contribution in [2.75, 3.05) is 12.5 Å². The van der Waals surface area contributed by atoms with E-state index in [9.17, 15) is 4.79 Å². The topological polar surface area (TPSA) is 69.3 Å². The maximum absolute atomic E-state index is 12.6. The summed E-state index contributed by atoms with van der Waals surface area (Å²) in [4.78, 5) is 16.9. The molecule has 1 amide bonds. The van der Waals surface area contributed by atoms with Gasteiger partial charge >= 0.3 is 5.91 Å². The van der Waals surface area contributed by atoms with Crippen LogP contribution < -0.4 is 10.2 Å². The molecular weight excluding hydrogens is 306 g/mol. The Morgan fingerprint density at radius 1 is 1.25 bits per heavy atom. The van der Waals surface area contributed by atoms with Crippen LogP contribution in [0.2, 0.25) is 0 Å². The van der Waals surface area contributed by atoms with E-state index in [2.05, 4.69) is 10.4 Å². The number of carbonyl (C=O) groups is 1. The maximum Gasteiger partial charge on any atom is 0.306 e. The summed E-state index contributed by atoms with van der Waals surface area (Å²) < 4.78 is 12.5. The molecule has 0 atom stereocenters. The quantitative estimate of drug-likeness (QED) is 0.627. The highest BCUT2D eigenvalue weighted by molar-refractivity contribution is 6.03. The highest BCUT2D eigenvalue weighted by Gasteiger charge is 2.19. The number of ether oxygens (including phenoxy) is 1. The fraction of sp³-hybridized carbons (Fsp3) is 0.111. The zero-order valence-electron chi connectivity index (χ0n) is 13.2. The molecule has 4 rings (SSSR count). The maximum atomic E-state index is 12.6. The largest absolute Gasteiger partial charge is 0.497 e. The number of nitrogens with zero attached hydrogens (tertiary/aromatic N) is 2. The van der Waals surface area contributed by atoms with Crippen LogP contribution in [0.15, 0.2) is 53.2 Å². The number of methoxy groups -OCH3 is 1. The number of para-hydroxylation sites is 2. The van der Waals surface area contributed by atoms with Gasteiger partial charge in [-0.1, -0.05) is 12.1 Å². The molecule has 1 N–H and O–H groups in total. The van der Waals surface area contributed by atoms with Crippen molar-refractivity contribution in [1.82, 2.24) is 9.66 Å². The molecule has 24 heavy (non-hydrogen) atoms. The lowest BCUT2D eigenvalue weighted by atomic mass is 10.1. The van der Waals surface area contributed by atoms with E-state index < -0.39 is 0 Å². The van der Waals surface area contributed by atoms with Gasteiger partial charge in [0.15, 0.2) is 5.76 Å². The SMILES string of the molecule is COc1ccc2oc(C(=O)Nn3cnc4ccccc43)c(C)c2c1. The number of benzene rings is 2. The van der Waals surface area contributed by atoms with Gasteiger partial charge in [-0.2, -0.15) is 0 Å². The first kappa shape index (κ1) is 14.3. The lowest BCUT2D eigenvalue weighted by molar-refractivity contribution is 0.0983. The molecule has 0 radical (unpaired) electrons. The third-order valence-electron chi connectivity index (χ3n) is 4.03. The van der Waals surface area contributed by atoms with Crippen LogP contribution in [-0.4, -0.2) is 22.7 Å². The van der Waals surface area contributed by atoms with Crippen LogP contribution in [0.3, 0.4) is 0 Å². The Balaban J connectivity index is 1.72. The number of furan rings is 1. The average molecular weight is 321 g/mol. The molecule has 0 saturated heterocycles. The summed E-state index contributed by atoms with van der Waals surface area (Å²) in [6.45, 7) is 1.85. The summed E-state index contributed by atoms with van der Waals surface area (Å²) in [7, 11) is 1.61. The van der Waals surface area contributed by atoms with Crippen molar-refractivity contribution < 1.29 is 13.9 Å². The highest BCUT2D eigenvalue weighted by Crippen LogP contribution is 2.28. The number of imidazole rings is 1.